The van der Waals surface area contributed by atoms with Gasteiger partial charge in [0.15, 0.2) is 5.16 Å². The Morgan fingerprint density at radius 1 is 1.21 bits per heavy atom. The van der Waals surface area contributed by atoms with Gasteiger partial charge in [0, 0.05) is 35.1 Å². The van der Waals surface area contributed by atoms with E-state index in [9.17, 15) is 4.39 Å². The Kier molecular flexibility index (Phi) is 6.28. The molecule has 0 unspecified atom stereocenters. The second-order valence-corrected chi connectivity index (χ2v) is 9.25. The maximum atomic E-state index is 13.6. The van der Waals surface area contributed by atoms with Gasteiger partial charge in [-0.3, -0.25) is 4.57 Å². The van der Waals surface area contributed by atoms with Gasteiger partial charge < -0.3 is 4.90 Å². The highest BCUT2D eigenvalue weighted by molar-refractivity contribution is 7.99. The minimum absolute atomic E-state index is 0.225. The number of halogens is 2. The standard InChI is InChI=1S/C23H25ClFN3S/c1-16-13-19(25)7-10-21(16)22-14-26-23(28(22)20-8-5-18(24)6-9-20)29-12-11-27(2)15-17-3-4-17/h5-10,13-14,17H,3-4,11-12,15H2,1-2H3. The van der Waals surface area contributed by atoms with Crippen molar-refractivity contribution in [3.05, 3.63) is 65.1 Å². The molecule has 1 aliphatic carbocycles. The topological polar surface area (TPSA) is 21.1 Å². The molecule has 1 fully saturated rings. The minimum atomic E-state index is -0.225. The zero-order chi connectivity index (χ0) is 20.4. The number of aryl methyl sites for hydroxylation is 1. The van der Waals surface area contributed by atoms with Crippen molar-refractivity contribution in [3.63, 3.8) is 0 Å². The van der Waals surface area contributed by atoms with E-state index in [1.54, 1.807) is 17.8 Å². The lowest BCUT2D eigenvalue weighted by atomic mass is 10.1. The zero-order valence-electron chi connectivity index (χ0n) is 16.7. The predicted octanol–water partition coefficient (Wildman–Crippen LogP) is 6.07. The molecule has 3 aromatic rings. The lowest BCUT2D eigenvalue weighted by Crippen LogP contribution is -2.23. The van der Waals surface area contributed by atoms with Crippen LogP contribution in [0.3, 0.4) is 0 Å². The summed E-state index contributed by atoms with van der Waals surface area (Å²) in [5.74, 6) is 1.64. The third-order valence-corrected chi connectivity index (χ3v) is 6.43. The predicted molar refractivity (Wildman–Crippen MR) is 120 cm³/mol. The Balaban J connectivity index is 1.62. The molecule has 2 aromatic carbocycles. The van der Waals surface area contributed by atoms with Crippen molar-refractivity contribution in [1.82, 2.24) is 14.5 Å². The lowest BCUT2D eigenvalue weighted by Gasteiger charge is -2.17. The molecule has 0 saturated heterocycles. The van der Waals surface area contributed by atoms with E-state index in [2.05, 4.69) is 16.5 Å². The maximum Gasteiger partial charge on any atom is 0.173 e. The second kappa shape index (κ2) is 8.90. The number of hydrogen-bond acceptors (Lipinski definition) is 3. The van der Waals surface area contributed by atoms with Crippen LogP contribution in [0.25, 0.3) is 16.9 Å². The van der Waals surface area contributed by atoms with E-state index in [0.717, 1.165) is 45.9 Å². The number of imidazole rings is 1. The third-order valence-electron chi connectivity index (χ3n) is 5.25. The molecule has 1 heterocycles. The van der Waals surface area contributed by atoms with Gasteiger partial charge >= 0.3 is 0 Å². The molecule has 1 aromatic heterocycles. The van der Waals surface area contributed by atoms with Crippen LogP contribution in [0.15, 0.2) is 53.8 Å². The summed E-state index contributed by atoms with van der Waals surface area (Å²) in [5.41, 5.74) is 3.82. The van der Waals surface area contributed by atoms with Crippen molar-refractivity contribution in [2.75, 3.05) is 25.9 Å². The first-order valence-corrected chi connectivity index (χ1v) is 11.3. The second-order valence-electron chi connectivity index (χ2n) is 7.75. The van der Waals surface area contributed by atoms with Crippen molar-refractivity contribution < 1.29 is 4.39 Å². The zero-order valence-corrected chi connectivity index (χ0v) is 18.3. The van der Waals surface area contributed by atoms with E-state index >= 15 is 0 Å². The molecular formula is C23H25ClFN3S. The molecule has 0 amide bonds. The Morgan fingerprint density at radius 3 is 2.66 bits per heavy atom. The summed E-state index contributed by atoms with van der Waals surface area (Å²) >= 11 is 7.85. The highest BCUT2D eigenvalue weighted by atomic mass is 35.5. The van der Waals surface area contributed by atoms with Crippen molar-refractivity contribution >= 4 is 23.4 Å². The fraction of sp³-hybridized carbons (Fsp3) is 0.348. The molecule has 0 radical (unpaired) electrons. The van der Waals surface area contributed by atoms with Crippen LogP contribution in [-0.2, 0) is 0 Å². The Labute approximate surface area is 180 Å². The van der Waals surface area contributed by atoms with Gasteiger partial charge in [-0.15, -0.1) is 0 Å². The van der Waals surface area contributed by atoms with Crippen molar-refractivity contribution in [3.8, 4) is 16.9 Å². The van der Waals surface area contributed by atoms with Gasteiger partial charge in [-0.25, -0.2) is 9.37 Å². The fourth-order valence-corrected chi connectivity index (χ4v) is 4.68. The van der Waals surface area contributed by atoms with E-state index in [0.29, 0.717) is 5.02 Å². The van der Waals surface area contributed by atoms with Crippen LogP contribution in [0.2, 0.25) is 5.02 Å². The Morgan fingerprint density at radius 2 is 1.97 bits per heavy atom. The molecule has 29 heavy (non-hydrogen) atoms. The number of aromatic nitrogens is 2. The van der Waals surface area contributed by atoms with Gasteiger partial charge in [-0.05, 0) is 80.8 Å². The van der Waals surface area contributed by atoms with E-state index in [-0.39, 0.29) is 5.82 Å². The molecule has 0 spiro atoms. The highest BCUT2D eigenvalue weighted by Gasteiger charge is 2.22. The number of benzene rings is 2. The Hall–Kier alpha value is -1.82. The maximum absolute atomic E-state index is 13.6. The van der Waals surface area contributed by atoms with Crippen molar-refractivity contribution in [2.45, 2.75) is 24.9 Å². The van der Waals surface area contributed by atoms with Gasteiger partial charge in [0.2, 0.25) is 0 Å². The van der Waals surface area contributed by atoms with Crippen molar-refractivity contribution in [2.24, 2.45) is 5.92 Å². The van der Waals surface area contributed by atoms with Gasteiger partial charge in [-0.1, -0.05) is 23.4 Å². The van der Waals surface area contributed by atoms with Gasteiger partial charge in [0.1, 0.15) is 5.82 Å². The smallest absolute Gasteiger partial charge is 0.173 e. The van der Waals surface area contributed by atoms with Crippen LogP contribution in [0, 0.1) is 18.7 Å². The minimum Gasteiger partial charge on any atom is -0.305 e. The first-order chi connectivity index (χ1) is 14.0. The van der Waals surface area contributed by atoms with E-state index in [4.69, 9.17) is 16.6 Å². The van der Waals surface area contributed by atoms with E-state index in [1.807, 2.05) is 43.5 Å². The molecule has 0 aliphatic heterocycles. The molecule has 0 atom stereocenters. The summed E-state index contributed by atoms with van der Waals surface area (Å²) in [6, 6.07) is 12.7. The average molecular weight is 430 g/mol. The van der Waals surface area contributed by atoms with E-state index in [1.165, 1.54) is 25.5 Å². The average Bonchev–Trinajstić information content (AvgIpc) is 3.40. The van der Waals surface area contributed by atoms with Gasteiger partial charge in [0.25, 0.3) is 0 Å². The number of hydrogen-bond donors (Lipinski definition) is 0. The Bertz CT molecular complexity index is 982. The molecule has 6 heteroatoms. The molecular weight excluding hydrogens is 405 g/mol. The molecule has 1 saturated carbocycles. The largest absolute Gasteiger partial charge is 0.305 e. The fourth-order valence-electron chi connectivity index (χ4n) is 3.51. The van der Waals surface area contributed by atoms with Crippen molar-refractivity contribution in [1.29, 1.82) is 0 Å². The summed E-state index contributed by atoms with van der Waals surface area (Å²) in [7, 11) is 2.19. The normalized spacial score (nSPS) is 14.0. The molecule has 4 rings (SSSR count). The molecule has 3 nitrogen and oxygen atoms in total. The SMILES string of the molecule is Cc1cc(F)ccc1-c1cnc(SCCN(C)CC2CC2)n1-c1ccc(Cl)cc1. The summed E-state index contributed by atoms with van der Waals surface area (Å²) in [6.45, 7) is 4.14. The molecule has 1 aliphatic rings. The first kappa shape index (κ1) is 20.5. The quantitative estimate of drug-likeness (QED) is 0.405. The summed E-state index contributed by atoms with van der Waals surface area (Å²) in [6.07, 6.45) is 4.63. The summed E-state index contributed by atoms with van der Waals surface area (Å²) < 4.78 is 15.8. The van der Waals surface area contributed by atoms with E-state index < -0.39 is 0 Å². The molecule has 0 bridgehead atoms. The highest BCUT2D eigenvalue weighted by Crippen LogP contribution is 2.33. The van der Waals surface area contributed by atoms with Gasteiger partial charge in [-0.2, -0.15) is 0 Å². The number of nitrogens with zero attached hydrogens (tertiary/aromatic N) is 3. The van der Waals surface area contributed by atoms with Crippen LogP contribution in [0.1, 0.15) is 18.4 Å². The van der Waals surface area contributed by atoms with Crippen LogP contribution in [0.5, 0.6) is 0 Å². The summed E-state index contributed by atoms with van der Waals surface area (Å²) in [5, 5.41) is 1.63. The monoisotopic (exact) mass is 429 g/mol. The third kappa shape index (κ3) is 5.03. The van der Waals surface area contributed by atoms with Crippen LogP contribution < -0.4 is 0 Å². The van der Waals surface area contributed by atoms with Crippen LogP contribution >= 0.6 is 23.4 Å². The number of rotatable bonds is 8. The first-order valence-electron chi connectivity index (χ1n) is 9.93. The van der Waals surface area contributed by atoms with Gasteiger partial charge in [0.05, 0.1) is 11.9 Å². The van der Waals surface area contributed by atoms with Crippen LogP contribution in [-0.4, -0.2) is 40.3 Å². The van der Waals surface area contributed by atoms with Crippen LogP contribution in [0.4, 0.5) is 4.39 Å². The lowest BCUT2D eigenvalue weighted by molar-refractivity contribution is 0.340. The summed E-state index contributed by atoms with van der Waals surface area (Å²) in [4.78, 5) is 7.11. The molecule has 0 N–H and O–H groups in total. The number of thioether (sulfide) groups is 1. The molecule has 152 valence electrons.